The molecule has 0 fully saturated rings. The molecule has 0 atom stereocenters. The molecule has 0 bridgehead atoms. The maximum atomic E-state index is 12.4. The minimum atomic E-state index is -4.48. The number of halogens is 3. The fourth-order valence-electron chi connectivity index (χ4n) is 1.87. The van der Waals surface area contributed by atoms with Gasteiger partial charge in [-0.2, -0.15) is 13.2 Å². The Hall–Kier alpha value is -2.02. The molecular formula is C13H13F3N2O2. The second kappa shape index (κ2) is 5.54. The molecule has 1 aromatic carbocycles. The van der Waals surface area contributed by atoms with Crippen LogP contribution in [0.5, 0.6) is 0 Å². The lowest BCUT2D eigenvalue weighted by atomic mass is 10.2. The third-order valence-corrected chi connectivity index (χ3v) is 2.69. The van der Waals surface area contributed by atoms with E-state index in [2.05, 4.69) is 0 Å². The van der Waals surface area contributed by atoms with Crippen LogP contribution in [0.4, 0.5) is 13.2 Å². The van der Waals surface area contributed by atoms with Gasteiger partial charge in [0.25, 0.3) is 5.91 Å². The largest absolute Gasteiger partial charge is 0.451 e. The first-order valence-electron chi connectivity index (χ1n) is 5.95. The topological polar surface area (TPSA) is 59.5 Å². The third-order valence-electron chi connectivity index (χ3n) is 2.69. The van der Waals surface area contributed by atoms with Gasteiger partial charge >= 0.3 is 6.18 Å². The second-order valence-corrected chi connectivity index (χ2v) is 4.28. The van der Waals surface area contributed by atoms with Gasteiger partial charge in [0.05, 0.1) is 0 Å². The van der Waals surface area contributed by atoms with E-state index in [4.69, 9.17) is 10.2 Å². The van der Waals surface area contributed by atoms with E-state index in [1.54, 1.807) is 24.3 Å². The van der Waals surface area contributed by atoms with Crippen molar-refractivity contribution in [3.05, 3.63) is 36.1 Å². The van der Waals surface area contributed by atoms with Crippen molar-refractivity contribution in [3.8, 4) is 0 Å². The van der Waals surface area contributed by atoms with Crippen LogP contribution in [-0.4, -0.2) is 36.6 Å². The summed E-state index contributed by atoms with van der Waals surface area (Å²) in [4.78, 5) is 12.7. The van der Waals surface area contributed by atoms with Crippen LogP contribution in [0, 0.1) is 0 Å². The second-order valence-electron chi connectivity index (χ2n) is 4.28. The van der Waals surface area contributed by atoms with Gasteiger partial charge in [0.15, 0.2) is 5.76 Å². The van der Waals surface area contributed by atoms with Crippen molar-refractivity contribution in [2.45, 2.75) is 6.18 Å². The normalized spacial score (nSPS) is 11.8. The standard InChI is InChI=1S/C13H13F3N2O2/c14-13(15,16)8-18(6-5-17)12(19)11-7-9-3-1-2-4-10(9)20-11/h1-4,7H,5-6,8,17H2. The Labute approximate surface area is 112 Å². The summed E-state index contributed by atoms with van der Waals surface area (Å²) < 4.78 is 42.6. The van der Waals surface area contributed by atoms with Gasteiger partial charge in [-0.3, -0.25) is 4.79 Å². The molecule has 20 heavy (non-hydrogen) atoms. The van der Waals surface area contributed by atoms with Gasteiger partial charge < -0.3 is 15.1 Å². The Balaban J connectivity index is 2.26. The molecule has 0 saturated heterocycles. The number of fused-ring (bicyclic) bond motifs is 1. The molecule has 0 spiro atoms. The van der Waals surface area contributed by atoms with Gasteiger partial charge in [0.2, 0.25) is 0 Å². The Bertz CT molecular complexity index is 574. The van der Waals surface area contributed by atoms with Crippen molar-refractivity contribution in [2.24, 2.45) is 5.73 Å². The monoisotopic (exact) mass is 286 g/mol. The fourth-order valence-corrected chi connectivity index (χ4v) is 1.87. The summed E-state index contributed by atoms with van der Waals surface area (Å²) in [5.41, 5.74) is 5.70. The number of benzene rings is 1. The van der Waals surface area contributed by atoms with Crippen LogP contribution in [-0.2, 0) is 0 Å². The van der Waals surface area contributed by atoms with Gasteiger partial charge in [0.1, 0.15) is 12.1 Å². The SMILES string of the molecule is NCCN(CC(F)(F)F)C(=O)c1cc2ccccc2o1. The molecule has 2 rings (SSSR count). The number of hydrogen-bond acceptors (Lipinski definition) is 3. The average Bonchev–Trinajstić information content (AvgIpc) is 2.79. The molecule has 0 aliphatic carbocycles. The first-order valence-corrected chi connectivity index (χ1v) is 5.95. The molecule has 108 valence electrons. The van der Waals surface area contributed by atoms with Crippen molar-refractivity contribution in [2.75, 3.05) is 19.6 Å². The minimum absolute atomic E-state index is 0.0535. The van der Waals surface area contributed by atoms with Crippen molar-refractivity contribution in [1.82, 2.24) is 4.90 Å². The predicted octanol–water partition coefficient (Wildman–Crippen LogP) is 2.40. The Morgan fingerprint density at radius 1 is 1.30 bits per heavy atom. The highest BCUT2D eigenvalue weighted by Gasteiger charge is 2.33. The maximum absolute atomic E-state index is 12.4. The zero-order valence-corrected chi connectivity index (χ0v) is 10.5. The van der Waals surface area contributed by atoms with Crippen molar-refractivity contribution in [3.63, 3.8) is 0 Å². The van der Waals surface area contributed by atoms with E-state index in [0.717, 1.165) is 0 Å². The molecule has 1 heterocycles. The lowest BCUT2D eigenvalue weighted by Crippen LogP contribution is -2.41. The van der Waals surface area contributed by atoms with Crippen LogP contribution in [0.3, 0.4) is 0 Å². The van der Waals surface area contributed by atoms with E-state index in [1.807, 2.05) is 0 Å². The number of carbonyl (C=O) groups is 1. The summed E-state index contributed by atoms with van der Waals surface area (Å²) in [6, 6.07) is 8.25. The van der Waals surface area contributed by atoms with Gasteiger partial charge in [-0.1, -0.05) is 18.2 Å². The number of carbonyl (C=O) groups excluding carboxylic acids is 1. The van der Waals surface area contributed by atoms with Gasteiger partial charge in [-0.05, 0) is 12.1 Å². The molecule has 0 radical (unpaired) electrons. The molecular weight excluding hydrogens is 273 g/mol. The highest BCUT2D eigenvalue weighted by atomic mass is 19.4. The Morgan fingerprint density at radius 3 is 2.60 bits per heavy atom. The van der Waals surface area contributed by atoms with Crippen LogP contribution < -0.4 is 5.73 Å². The van der Waals surface area contributed by atoms with Crippen LogP contribution in [0.2, 0.25) is 0 Å². The van der Waals surface area contributed by atoms with E-state index in [9.17, 15) is 18.0 Å². The lowest BCUT2D eigenvalue weighted by molar-refractivity contribution is -0.140. The molecule has 2 N–H and O–H groups in total. The number of nitrogens with zero attached hydrogens (tertiary/aromatic N) is 1. The highest BCUT2D eigenvalue weighted by Crippen LogP contribution is 2.22. The Morgan fingerprint density at radius 2 is 2.00 bits per heavy atom. The van der Waals surface area contributed by atoms with E-state index in [1.165, 1.54) is 6.07 Å². The van der Waals surface area contributed by atoms with Crippen LogP contribution in [0.1, 0.15) is 10.6 Å². The van der Waals surface area contributed by atoms with Crippen molar-refractivity contribution in [1.29, 1.82) is 0 Å². The van der Waals surface area contributed by atoms with E-state index in [0.29, 0.717) is 15.9 Å². The molecule has 4 nitrogen and oxygen atoms in total. The van der Waals surface area contributed by atoms with Gasteiger partial charge in [-0.15, -0.1) is 0 Å². The van der Waals surface area contributed by atoms with E-state index in [-0.39, 0.29) is 18.8 Å². The number of furan rings is 1. The molecule has 0 unspecified atom stereocenters. The summed E-state index contributed by atoms with van der Waals surface area (Å²) in [5.74, 6) is -0.937. The molecule has 1 amide bonds. The smallest absolute Gasteiger partial charge is 0.406 e. The van der Waals surface area contributed by atoms with Crippen molar-refractivity contribution >= 4 is 16.9 Å². The highest BCUT2D eigenvalue weighted by molar-refractivity contribution is 5.96. The number of hydrogen-bond donors (Lipinski definition) is 1. The van der Waals surface area contributed by atoms with Crippen LogP contribution >= 0.6 is 0 Å². The van der Waals surface area contributed by atoms with Gasteiger partial charge in [-0.25, -0.2) is 0 Å². The first kappa shape index (κ1) is 14.4. The maximum Gasteiger partial charge on any atom is 0.406 e. The molecule has 0 aliphatic rings. The zero-order chi connectivity index (χ0) is 14.8. The molecule has 7 heteroatoms. The van der Waals surface area contributed by atoms with Crippen molar-refractivity contribution < 1.29 is 22.4 Å². The fraction of sp³-hybridized carbons (Fsp3) is 0.308. The molecule has 0 saturated carbocycles. The predicted molar refractivity (Wildman–Crippen MR) is 67.2 cm³/mol. The van der Waals surface area contributed by atoms with Gasteiger partial charge in [0, 0.05) is 18.5 Å². The van der Waals surface area contributed by atoms with Crippen LogP contribution in [0.15, 0.2) is 34.7 Å². The third kappa shape index (κ3) is 3.30. The number of nitrogens with two attached hydrogens (primary N) is 1. The lowest BCUT2D eigenvalue weighted by Gasteiger charge is -2.22. The molecule has 2 aromatic rings. The average molecular weight is 286 g/mol. The number of amides is 1. The summed E-state index contributed by atoms with van der Waals surface area (Å²) in [7, 11) is 0. The summed E-state index contributed by atoms with van der Waals surface area (Å²) in [5, 5.41) is 0.663. The number of para-hydroxylation sites is 1. The summed E-state index contributed by atoms with van der Waals surface area (Å²) in [6.45, 7) is -1.59. The molecule has 0 aliphatic heterocycles. The minimum Gasteiger partial charge on any atom is -0.451 e. The Kier molecular flexibility index (Phi) is 3.99. The molecule has 1 aromatic heterocycles. The van der Waals surface area contributed by atoms with Crippen LogP contribution in [0.25, 0.3) is 11.0 Å². The van der Waals surface area contributed by atoms with E-state index >= 15 is 0 Å². The zero-order valence-electron chi connectivity index (χ0n) is 10.5. The van der Waals surface area contributed by atoms with E-state index < -0.39 is 18.6 Å². The summed E-state index contributed by atoms with van der Waals surface area (Å²) in [6.07, 6.45) is -4.48. The number of rotatable bonds is 4. The quantitative estimate of drug-likeness (QED) is 0.938. The number of alkyl halides is 3. The first-order chi connectivity index (χ1) is 9.40. The summed E-state index contributed by atoms with van der Waals surface area (Å²) >= 11 is 0.